The normalized spacial score (nSPS) is 19.7. The van der Waals surface area contributed by atoms with Crippen LogP contribution in [0.4, 0.5) is 0 Å². The van der Waals surface area contributed by atoms with Crippen LogP contribution in [0.3, 0.4) is 0 Å². The zero-order valence-electron chi connectivity index (χ0n) is 25.9. The molecule has 0 spiro atoms. The molecule has 0 saturated heterocycles. The molecule has 2 aliphatic rings. The first kappa shape index (κ1) is 32.7. The zero-order chi connectivity index (χ0) is 31.5. The Kier molecular flexibility index (Phi) is 10.2. The van der Waals surface area contributed by atoms with Crippen LogP contribution in [0.2, 0.25) is 0 Å². The molecule has 0 radical (unpaired) electrons. The van der Waals surface area contributed by atoms with Crippen molar-refractivity contribution in [1.29, 1.82) is 0 Å². The van der Waals surface area contributed by atoms with Gasteiger partial charge in [0, 0.05) is 22.3 Å². The van der Waals surface area contributed by atoms with Crippen LogP contribution >= 0.6 is 28.5 Å². The van der Waals surface area contributed by atoms with Gasteiger partial charge in [0.2, 0.25) is 0 Å². The maximum atomic E-state index is 6.95. The summed E-state index contributed by atoms with van der Waals surface area (Å²) in [5.74, 6) is 1.30. The topological polar surface area (TPSA) is 43.2 Å². The first-order valence-electron chi connectivity index (χ1n) is 14.7. The third-order valence-electron chi connectivity index (χ3n) is 8.50. The van der Waals surface area contributed by atoms with Gasteiger partial charge < -0.3 is 9.47 Å². The molecule has 0 unspecified atom stereocenters. The van der Waals surface area contributed by atoms with Crippen molar-refractivity contribution in [2.75, 3.05) is 0 Å². The van der Waals surface area contributed by atoms with Crippen molar-refractivity contribution in [2.24, 2.45) is 9.98 Å². The molecule has 4 nitrogen and oxygen atoms in total. The van der Waals surface area contributed by atoms with Gasteiger partial charge in [-0.05, 0) is 41.5 Å². The second-order valence-corrected chi connectivity index (χ2v) is 16.8. The van der Waals surface area contributed by atoms with E-state index in [9.17, 15) is 0 Å². The average Bonchev–Trinajstić information content (AvgIpc) is 3.50. The molecule has 0 aliphatic carbocycles. The van der Waals surface area contributed by atoms with Crippen LogP contribution in [0.1, 0.15) is 64.8 Å². The molecule has 4 aromatic rings. The summed E-state index contributed by atoms with van der Waals surface area (Å²) < 4.78 is 13.9. The number of ether oxygens (including phenoxy) is 2. The number of aliphatic imine (C=N–C) groups is 2. The molecule has 0 saturated carbocycles. The molecule has 7 heteroatoms. The first-order valence-corrected chi connectivity index (χ1v) is 19.6. The predicted molar refractivity (Wildman–Crippen MR) is 185 cm³/mol. The zero-order valence-corrected chi connectivity index (χ0v) is 30.0. The van der Waals surface area contributed by atoms with Crippen LogP contribution < -0.4 is 0 Å². The number of nitrogens with zero attached hydrogens (tertiary/aromatic N) is 2. The minimum atomic E-state index is -0.720. The van der Waals surface area contributed by atoms with Crippen molar-refractivity contribution < 1.29 is 20.4 Å². The molecule has 2 aliphatic heterocycles. The van der Waals surface area contributed by atoms with Gasteiger partial charge in [-0.2, -0.15) is 0 Å². The van der Waals surface area contributed by atoms with Gasteiger partial charge in [-0.25, -0.2) is 9.98 Å². The second-order valence-electron chi connectivity index (χ2n) is 11.8. The Morgan fingerprint density at radius 2 is 0.841 bits per heavy atom. The van der Waals surface area contributed by atoms with Gasteiger partial charge in [-0.15, -0.1) is 0 Å². The summed E-state index contributed by atoms with van der Waals surface area (Å²) in [7, 11) is 1.25. The van der Waals surface area contributed by atoms with E-state index in [4.69, 9.17) is 19.5 Å². The molecular weight excluding hydrogens is 723 g/mol. The van der Waals surface area contributed by atoms with Crippen LogP contribution in [0.15, 0.2) is 107 Å². The molecule has 4 aromatic carbocycles. The van der Waals surface area contributed by atoms with Crippen molar-refractivity contribution in [3.8, 4) is 0 Å². The van der Waals surface area contributed by atoms with Crippen molar-refractivity contribution >= 4 is 40.2 Å². The van der Waals surface area contributed by atoms with E-state index < -0.39 is 11.2 Å². The molecule has 44 heavy (non-hydrogen) atoms. The van der Waals surface area contributed by atoms with Crippen molar-refractivity contribution in [3.05, 3.63) is 142 Å². The van der Waals surface area contributed by atoms with E-state index >= 15 is 0 Å². The van der Waals surface area contributed by atoms with Gasteiger partial charge in [-0.3, -0.25) is 0 Å². The standard InChI is InChI=1S/C37H38N2O2.2BrH.Ni/c1-24-11-7-15-30(19-24)36(31-16-8-12-25(2)20-31)28(5)38-34(40-36)23-35-39-29(6)37(41-35,32-17-9-13-26(3)21-32)33-18-10-14-27(4)22-33;;;/h7-22,28-29H,23H2,1-6H3;2*1H;/q;;;+2/p-2/t28-,29-;;;/m1.../s1. The summed E-state index contributed by atoms with van der Waals surface area (Å²) in [4.78, 5) is 10.2. The molecule has 0 bridgehead atoms. The third kappa shape index (κ3) is 6.34. The van der Waals surface area contributed by atoms with Crippen molar-refractivity contribution in [2.45, 2.75) is 71.2 Å². The Morgan fingerprint density at radius 3 is 1.09 bits per heavy atom. The summed E-state index contributed by atoms with van der Waals surface area (Å²) in [6.07, 6.45) is 0.396. The summed E-state index contributed by atoms with van der Waals surface area (Å²) in [5, 5.41) is 0. The number of benzene rings is 4. The SMILES string of the molecule is Cc1cccc(C2(c3cccc(C)c3)OC(CC3=N[C@H](C)C(c4cccc(C)c4)(c4cccc(C)c4)O3)=N[C@@H]2C)c1.[Br][Ni][Br]. The van der Waals surface area contributed by atoms with Gasteiger partial charge >= 0.3 is 39.3 Å². The Balaban J connectivity index is 0.00000123. The van der Waals surface area contributed by atoms with Crippen LogP contribution in [0.5, 0.6) is 0 Å². The van der Waals surface area contributed by atoms with Crippen molar-refractivity contribution in [3.63, 3.8) is 0 Å². The van der Waals surface area contributed by atoms with Gasteiger partial charge in [0.05, 0.1) is 18.5 Å². The van der Waals surface area contributed by atoms with Gasteiger partial charge in [0.25, 0.3) is 0 Å². The predicted octanol–water partition coefficient (Wildman–Crippen LogP) is 9.82. The van der Waals surface area contributed by atoms with Gasteiger partial charge in [0.1, 0.15) is 0 Å². The van der Waals surface area contributed by atoms with Crippen LogP contribution in [-0.4, -0.2) is 23.9 Å². The third-order valence-corrected chi connectivity index (χ3v) is 8.50. The molecule has 6 rings (SSSR count). The van der Waals surface area contributed by atoms with Crippen LogP contribution in [-0.2, 0) is 31.6 Å². The molecule has 0 N–H and O–H groups in total. The second kappa shape index (κ2) is 13.7. The number of hydrogen-bond donors (Lipinski definition) is 0. The van der Waals surface area contributed by atoms with E-state index in [0.29, 0.717) is 18.2 Å². The van der Waals surface area contributed by atoms with E-state index in [1.54, 1.807) is 0 Å². The Hall–Kier alpha value is -2.73. The Labute approximate surface area is 281 Å². The van der Waals surface area contributed by atoms with Gasteiger partial charge in [0.15, 0.2) is 23.0 Å². The number of aryl methyl sites for hydroxylation is 4. The monoisotopic (exact) mass is 758 g/mol. The molecule has 232 valence electrons. The van der Waals surface area contributed by atoms with E-state index in [1.165, 1.54) is 33.2 Å². The Morgan fingerprint density at radius 1 is 0.568 bits per heavy atom. The van der Waals surface area contributed by atoms with E-state index in [0.717, 1.165) is 22.3 Å². The fraction of sp³-hybridized carbons (Fsp3) is 0.297. The molecular formula is C37H38Br2N2NiO2. The van der Waals surface area contributed by atoms with E-state index in [-0.39, 0.29) is 12.1 Å². The molecule has 2 heterocycles. The number of rotatable bonds is 6. The summed E-state index contributed by atoms with van der Waals surface area (Å²) in [6, 6.07) is 34.1. The fourth-order valence-corrected chi connectivity index (χ4v) is 6.54. The minimum absolute atomic E-state index is 0.126. The van der Waals surface area contributed by atoms with Gasteiger partial charge in [-0.1, -0.05) is 119 Å². The molecule has 0 aromatic heterocycles. The fourth-order valence-electron chi connectivity index (χ4n) is 6.54. The Bertz CT molecular complexity index is 1490. The molecule has 0 fully saturated rings. The summed E-state index contributed by atoms with van der Waals surface area (Å²) in [6.45, 7) is 12.8. The summed E-state index contributed by atoms with van der Waals surface area (Å²) in [5.41, 5.74) is 7.74. The summed E-state index contributed by atoms with van der Waals surface area (Å²) >= 11 is 6.00. The number of hydrogen-bond acceptors (Lipinski definition) is 4. The van der Waals surface area contributed by atoms with E-state index in [1.807, 2.05) is 0 Å². The quantitative estimate of drug-likeness (QED) is 0.184. The van der Waals surface area contributed by atoms with Crippen LogP contribution in [0.25, 0.3) is 0 Å². The average molecular weight is 761 g/mol. The molecule has 2 atom stereocenters. The van der Waals surface area contributed by atoms with Crippen molar-refractivity contribution in [1.82, 2.24) is 0 Å². The van der Waals surface area contributed by atoms with Crippen LogP contribution in [0, 0.1) is 27.7 Å². The van der Waals surface area contributed by atoms with E-state index in [2.05, 4.69) is 167 Å². The number of halogens is 2. The first-order chi connectivity index (χ1) is 21.1. The maximum absolute atomic E-state index is 6.95. The molecule has 0 amide bonds.